The first-order valence-corrected chi connectivity index (χ1v) is 24.4. The molecule has 0 aliphatic carbocycles. The Morgan fingerprint density at radius 2 is 1.21 bits per heavy atom. The number of sulfonamides is 2. The van der Waals surface area contributed by atoms with E-state index >= 15 is 0 Å². The van der Waals surface area contributed by atoms with Crippen LogP contribution in [0.3, 0.4) is 0 Å². The van der Waals surface area contributed by atoms with E-state index in [4.69, 9.17) is 52.2 Å². The summed E-state index contributed by atoms with van der Waals surface area (Å²) in [5.74, 6) is 5.77. The maximum absolute atomic E-state index is 13.3. The summed E-state index contributed by atoms with van der Waals surface area (Å²) in [6.07, 6.45) is -4.26. The Hall–Kier alpha value is -6.56. The Balaban J connectivity index is 0.000000227. The summed E-state index contributed by atoms with van der Waals surface area (Å²) < 4.78 is 135. The third kappa shape index (κ3) is 14.1. The molecule has 32 heteroatoms. The number of H-pyrrole nitrogens is 2. The van der Waals surface area contributed by atoms with Crippen molar-refractivity contribution in [1.29, 1.82) is 0 Å². The van der Waals surface area contributed by atoms with E-state index in [2.05, 4.69) is 50.6 Å². The molecule has 0 saturated heterocycles. The summed E-state index contributed by atoms with van der Waals surface area (Å²) in [4.78, 5) is 29.2. The van der Waals surface area contributed by atoms with Gasteiger partial charge in [-0.25, -0.2) is 32.6 Å². The highest BCUT2D eigenvalue weighted by molar-refractivity contribution is 7.93. The Kier molecular flexibility index (Phi) is 17.9. The molecule has 2 aromatic carbocycles. The second-order valence-electron chi connectivity index (χ2n) is 15.0. The summed E-state index contributed by atoms with van der Waals surface area (Å²) >= 11 is 22.9. The quantitative estimate of drug-likeness (QED) is 0.0260. The lowest BCUT2D eigenvalue weighted by molar-refractivity contribution is -0.138. The molecule has 384 valence electrons. The second kappa shape index (κ2) is 22.9. The first-order chi connectivity index (χ1) is 33.5. The Morgan fingerprint density at radius 3 is 1.68 bits per heavy atom. The van der Waals surface area contributed by atoms with Gasteiger partial charge in [0.1, 0.15) is 23.2 Å². The van der Waals surface area contributed by atoms with Gasteiger partial charge in [0.2, 0.25) is 5.91 Å². The zero-order chi connectivity index (χ0) is 53.5. The SMILES string of the molecule is CC(C)C(=O)Nc1ccn[nH]1.CC(C)c1nnc(-c2ncc(Cl)cc2NS(=O)(=O)c2ccc(Cl)c(C(F)(F)F)c2)n1-c1ccn[nH]1.NNC(=O)c1ncc(Cl)cc1NS(=O)(=O)c1ccc(Cl)c(C(F)(F)F)c1. The van der Waals surface area contributed by atoms with Crippen LogP contribution < -0.4 is 26.0 Å². The monoisotopic (exact) mass is 1130 g/mol. The largest absolute Gasteiger partial charge is 0.417 e. The molecule has 0 bridgehead atoms. The number of aromatic amines is 2. The molecule has 72 heavy (non-hydrogen) atoms. The van der Waals surface area contributed by atoms with Gasteiger partial charge in [0.05, 0.1) is 64.8 Å². The molecule has 0 atom stereocenters. The summed E-state index contributed by atoms with van der Waals surface area (Å²) in [7, 11) is -9.04. The molecule has 7 rings (SSSR count). The lowest BCUT2D eigenvalue weighted by Crippen LogP contribution is -2.31. The third-order valence-electron chi connectivity index (χ3n) is 9.08. The van der Waals surface area contributed by atoms with E-state index in [0.29, 0.717) is 29.6 Å². The molecular formula is C40H36Cl4F6N14O6S2. The van der Waals surface area contributed by atoms with Crippen LogP contribution in [0.25, 0.3) is 17.3 Å². The van der Waals surface area contributed by atoms with Crippen molar-refractivity contribution in [2.24, 2.45) is 11.8 Å². The minimum absolute atomic E-state index is 0.00157. The number of alkyl halides is 6. The summed E-state index contributed by atoms with van der Waals surface area (Å²) in [6, 6.07) is 9.99. The normalized spacial score (nSPS) is 11.8. The van der Waals surface area contributed by atoms with E-state index in [1.165, 1.54) is 18.5 Å². The summed E-state index contributed by atoms with van der Waals surface area (Å²) in [6.45, 7) is 7.45. The van der Waals surface area contributed by atoms with Gasteiger partial charge in [-0.15, -0.1) is 10.2 Å². The van der Waals surface area contributed by atoms with Gasteiger partial charge in [0, 0.05) is 36.4 Å². The lowest BCUT2D eigenvalue weighted by Gasteiger charge is -2.15. The smallest absolute Gasteiger partial charge is 0.311 e. The molecule has 2 amide bonds. The number of rotatable bonds is 12. The van der Waals surface area contributed by atoms with E-state index in [1.54, 1.807) is 28.3 Å². The number of hydrogen-bond acceptors (Lipinski definition) is 13. The van der Waals surface area contributed by atoms with Crippen molar-refractivity contribution in [1.82, 2.24) is 50.6 Å². The Labute approximate surface area is 424 Å². The zero-order valence-corrected chi connectivity index (χ0v) is 41.6. The van der Waals surface area contributed by atoms with Crippen molar-refractivity contribution in [3.8, 4) is 17.3 Å². The maximum Gasteiger partial charge on any atom is 0.417 e. The Bertz CT molecular complexity index is 3290. The van der Waals surface area contributed by atoms with Crippen LogP contribution in [0.1, 0.15) is 61.1 Å². The Morgan fingerprint density at radius 1 is 0.694 bits per heavy atom. The molecule has 5 heterocycles. The lowest BCUT2D eigenvalue weighted by atomic mass is 10.2. The van der Waals surface area contributed by atoms with Gasteiger partial charge in [-0.05, 0) is 48.5 Å². The van der Waals surface area contributed by atoms with Crippen LogP contribution in [0.4, 0.5) is 43.5 Å². The number of nitrogens with one attached hydrogen (secondary N) is 6. The number of hydrogen-bond donors (Lipinski definition) is 7. The van der Waals surface area contributed by atoms with Crippen LogP contribution in [0.15, 0.2) is 95.2 Å². The van der Waals surface area contributed by atoms with Crippen molar-refractivity contribution < 1.29 is 52.8 Å². The van der Waals surface area contributed by atoms with E-state index in [1.807, 2.05) is 32.4 Å². The first kappa shape index (κ1) is 56.4. The number of carbonyl (C=O) groups is 2. The first-order valence-electron chi connectivity index (χ1n) is 19.9. The van der Waals surface area contributed by atoms with Crippen molar-refractivity contribution >= 4 is 95.5 Å². The molecule has 0 aliphatic rings. The molecule has 0 aliphatic heterocycles. The number of benzene rings is 2. The van der Waals surface area contributed by atoms with Crippen molar-refractivity contribution in [2.75, 3.05) is 14.8 Å². The van der Waals surface area contributed by atoms with Gasteiger partial charge in [-0.3, -0.25) is 39.2 Å². The number of nitrogens with two attached hydrogens (primary N) is 1. The van der Waals surface area contributed by atoms with E-state index < -0.39 is 75.0 Å². The van der Waals surface area contributed by atoms with Crippen molar-refractivity contribution in [2.45, 2.75) is 55.8 Å². The maximum atomic E-state index is 13.3. The standard InChI is InChI=1S/C20H16Cl2F3N7O2S.C13H9Cl2F3N4O3S.C7H11N3O/c1-10(2)18-29-30-19(32(18)16-5-6-27-28-16)17-15(7-11(21)9-26-17)31-35(33,34)12-3-4-14(22)13(8-12)20(23,24)25;14-6-3-10(11(20-5-6)12(23)21-19)22-26(24,25)7-1-2-9(15)8(4-7)13(16,17)18;1-5(2)7(11)9-6-3-4-8-10-6/h3-10,31H,1-2H3,(H,27,28);1-5,22H,19H2,(H,21,23);3-5H,1-2H3,(H2,8,9,10,11). The van der Waals surface area contributed by atoms with Gasteiger partial charge < -0.3 is 5.32 Å². The molecule has 0 fully saturated rings. The average Bonchev–Trinajstić information content (AvgIpc) is 4.10. The molecule has 7 aromatic rings. The molecule has 20 nitrogen and oxygen atoms in total. The van der Waals surface area contributed by atoms with Gasteiger partial charge in [-0.2, -0.15) is 36.5 Å². The van der Waals surface area contributed by atoms with E-state index in [-0.39, 0.29) is 50.7 Å². The highest BCUT2D eigenvalue weighted by Crippen LogP contribution is 2.39. The van der Waals surface area contributed by atoms with Crippen LogP contribution in [0.2, 0.25) is 20.1 Å². The van der Waals surface area contributed by atoms with Crippen LogP contribution >= 0.6 is 46.4 Å². The predicted octanol–water partition coefficient (Wildman–Crippen LogP) is 9.12. The van der Waals surface area contributed by atoms with Gasteiger partial charge in [-0.1, -0.05) is 74.1 Å². The van der Waals surface area contributed by atoms with Crippen molar-refractivity contribution in [3.63, 3.8) is 0 Å². The predicted molar refractivity (Wildman–Crippen MR) is 253 cm³/mol. The fourth-order valence-electron chi connectivity index (χ4n) is 5.68. The molecule has 0 unspecified atom stereocenters. The van der Waals surface area contributed by atoms with Crippen LogP contribution in [-0.4, -0.2) is 73.8 Å². The van der Waals surface area contributed by atoms with E-state index in [0.717, 1.165) is 36.5 Å². The molecular weight excluding hydrogens is 1090 g/mol. The highest BCUT2D eigenvalue weighted by atomic mass is 35.5. The second-order valence-corrected chi connectivity index (χ2v) is 20.0. The number of nitrogens with zero attached hydrogens (tertiary/aromatic N) is 7. The number of hydrazine groups is 1. The van der Waals surface area contributed by atoms with Gasteiger partial charge >= 0.3 is 12.4 Å². The molecule has 5 aromatic heterocycles. The number of pyridine rings is 2. The van der Waals surface area contributed by atoms with Gasteiger partial charge in [0.15, 0.2) is 11.5 Å². The van der Waals surface area contributed by atoms with Crippen LogP contribution in [0.5, 0.6) is 0 Å². The topological polar surface area (TPSA) is 290 Å². The fourth-order valence-corrected chi connectivity index (χ4v) is 8.61. The molecule has 0 saturated carbocycles. The fraction of sp³-hybridized carbons (Fsp3) is 0.200. The number of nitrogen functional groups attached to an aromatic ring is 1. The highest BCUT2D eigenvalue weighted by Gasteiger charge is 2.36. The molecule has 8 N–H and O–H groups in total. The van der Waals surface area contributed by atoms with Crippen LogP contribution in [-0.2, 0) is 37.2 Å². The van der Waals surface area contributed by atoms with Crippen LogP contribution in [0, 0.1) is 5.92 Å². The van der Waals surface area contributed by atoms with Crippen molar-refractivity contribution in [3.05, 3.63) is 128 Å². The third-order valence-corrected chi connectivity index (χ3v) is 12.9. The number of carbonyl (C=O) groups excluding carboxylic acids is 2. The minimum atomic E-state index is -4.86. The number of amides is 2. The zero-order valence-electron chi connectivity index (χ0n) is 37.0. The minimum Gasteiger partial charge on any atom is -0.311 e. The summed E-state index contributed by atoms with van der Waals surface area (Å²) in [5.41, 5.74) is -1.73. The molecule has 0 radical (unpaired) electrons. The number of aromatic nitrogens is 9. The van der Waals surface area contributed by atoms with E-state index in [9.17, 15) is 52.8 Å². The number of halogens is 10. The van der Waals surface area contributed by atoms with Gasteiger partial charge in [0.25, 0.3) is 26.0 Å². The molecule has 0 spiro atoms. The number of anilines is 3. The summed E-state index contributed by atoms with van der Waals surface area (Å²) in [5, 5.41) is 22.8. The average molecular weight is 1130 g/mol.